The minimum atomic E-state index is -0.656. The number of hydrogen-bond acceptors (Lipinski definition) is 4. The van der Waals surface area contributed by atoms with Gasteiger partial charge >= 0.3 is 12.1 Å². The van der Waals surface area contributed by atoms with Gasteiger partial charge in [-0.2, -0.15) is 0 Å². The number of amides is 1. The molecule has 5 heteroatoms. The van der Waals surface area contributed by atoms with Crippen LogP contribution in [0.25, 0.3) is 0 Å². The summed E-state index contributed by atoms with van der Waals surface area (Å²) in [6.07, 6.45) is 1.24. The lowest BCUT2D eigenvalue weighted by Gasteiger charge is -2.20. The molecule has 18 heavy (non-hydrogen) atoms. The molecule has 0 bridgehead atoms. The predicted molar refractivity (Wildman–Crippen MR) is 69.2 cm³/mol. The van der Waals surface area contributed by atoms with E-state index in [9.17, 15) is 9.59 Å². The molecule has 0 aromatic heterocycles. The summed E-state index contributed by atoms with van der Waals surface area (Å²) >= 11 is 0. The third-order valence-corrected chi connectivity index (χ3v) is 2.55. The predicted octanol–water partition coefficient (Wildman–Crippen LogP) is 2.35. The number of ether oxygens (including phenoxy) is 2. The van der Waals surface area contributed by atoms with Gasteiger partial charge in [0.05, 0.1) is 13.7 Å². The average Bonchev–Trinajstić information content (AvgIpc) is 2.30. The van der Waals surface area contributed by atoms with E-state index in [1.165, 1.54) is 7.11 Å². The van der Waals surface area contributed by atoms with Gasteiger partial charge in [0, 0.05) is 0 Å². The minimum absolute atomic E-state index is 0.0401. The van der Waals surface area contributed by atoms with E-state index in [4.69, 9.17) is 4.74 Å². The number of carbonyl (C=O) groups excluding carboxylic acids is 2. The molecular weight excluding hydrogens is 234 g/mol. The maximum absolute atomic E-state index is 11.8. The number of esters is 1. The first kappa shape index (κ1) is 16.7. The SMILES string of the molecule is COC(=O)NC(C(=O)OCCCC(C)C)C(C)C. The van der Waals surface area contributed by atoms with Gasteiger partial charge in [0.2, 0.25) is 0 Å². The van der Waals surface area contributed by atoms with Crippen LogP contribution in [0.5, 0.6) is 0 Å². The molecule has 0 spiro atoms. The van der Waals surface area contributed by atoms with Crippen molar-refractivity contribution in [1.29, 1.82) is 0 Å². The zero-order valence-electron chi connectivity index (χ0n) is 12.0. The summed E-state index contributed by atoms with van der Waals surface area (Å²) in [6, 6.07) is -0.656. The van der Waals surface area contributed by atoms with Crippen molar-refractivity contribution in [3.05, 3.63) is 0 Å². The highest BCUT2D eigenvalue weighted by molar-refractivity contribution is 5.81. The number of rotatable bonds is 7. The van der Waals surface area contributed by atoms with Crippen LogP contribution >= 0.6 is 0 Å². The van der Waals surface area contributed by atoms with Gasteiger partial charge in [-0.05, 0) is 24.7 Å². The highest BCUT2D eigenvalue weighted by Crippen LogP contribution is 2.07. The molecular formula is C13H25NO4. The first-order valence-electron chi connectivity index (χ1n) is 6.39. The largest absolute Gasteiger partial charge is 0.464 e. The fraction of sp³-hybridized carbons (Fsp3) is 0.846. The van der Waals surface area contributed by atoms with Crippen molar-refractivity contribution in [1.82, 2.24) is 5.32 Å². The fourth-order valence-electron chi connectivity index (χ4n) is 1.44. The number of alkyl carbamates (subject to hydrolysis) is 1. The second kappa shape index (κ2) is 8.78. The van der Waals surface area contributed by atoms with Crippen LogP contribution in [-0.2, 0) is 14.3 Å². The molecule has 1 atom stereocenters. The molecule has 106 valence electrons. The molecule has 1 unspecified atom stereocenters. The number of hydrogen-bond donors (Lipinski definition) is 1. The maximum Gasteiger partial charge on any atom is 0.407 e. The van der Waals surface area contributed by atoms with Gasteiger partial charge in [0.1, 0.15) is 6.04 Å². The van der Waals surface area contributed by atoms with Crippen molar-refractivity contribution in [2.75, 3.05) is 13.7 Å². The summed E-state index contributed by atoms with van der Waals surface area (Å²) in [5.74, 6) is 0.152. The Morgan fingerprint density at radius 2 is 1.78 bits per heavy atom. The van der Waals surface area contributed by atoms with Crippen LogP contribution in [0.15, 0.2) is 0 Å². The molecule has 0 fully saturated rings. The van der Waals surface area contributed by atoms with E-state index in [1.54, 1.807) is 0 Å². The Kier molecular flexibility index (Phi) is 8.16. The third kappa shape index (κ3) is 7.14. The zero-order chi connectivity index (χ0) is 14.1. The highest BCUT2D eigenvalue weighted by atomic mass is 16.5. The molecule has 0 aliphatic rings. The first-order chi connectivity index (χ1) is 8.38. The Morgan fingerprint density at radius 3 is 2.22 bits per heavy atom. The quantitative estimate of drug-likeness (QED) is 0.563. The zero-order valence-corrected chi connectivity index (χ0v) is 12.0. The lowest BCUT2D eigenvalue weighted by Crippen LogP contribution is -2.45. The average molecular weight is 259 g/mol. The van der Waals surface area contributed by atoms with Crippen LogP contribution in [0.4, 0.5) is 4.79 Å². The second-order valence-corrected chi connectivity index (χ2v) is 5.06. The molecule has 0 aromatic carbocycles. The summed E-state index contributed by atoms with van der Waals surface area (Å²) in [5.41, 5.74) is 0. The van der Waals surface area contributed by atoms with E-state index in [1.807, 2.05) is 13.8 Å². The Bertz CT molecular complexity index is 264. The van der Waals surface area contributed by atoms with Crippen LogP contribution in [0.1, 0.15) is 40.5 Å². The van der Waals surface area contributed by atoms with Crippen molar-refractivity contribution in [2.24, 2.45) is 11.8 Å². The van der Waals surface area contributed by atoms with Gasteiger partial charge in [-0.1, -0.05) is 27.7 Å². The number of carbonyl (C=O) groups is 2. The monoisotopic (exact) mass is 259 g/mol. The van der Waals surface area contributed by atoms with E-state index in [-0.39, 0.29) is 5.92 Å². The van der Waals surface area contributed by atoms with Gasteiger partial charge in [0.25, 0.3) is 0 Å². The van der Waals surface area contributed by atoms with Crippen LogP contribution in [0, 0.1) is 11.8 Å². The van der Waals surface area contributed by atoms with Crippen LogP contribution in [-0.4, -0.2) is 31.8 Å². The first-order valence-corrected chi connectivity index (χ1v) is 6.39. The number of nitrogens with one attached hydrogen (secondary N) is 1. The fourth-order valence-corrected chi connectivity index (χ4v) is 1.44. The van der Waals surface area contributed by atoms with E-state index in [0.717, 1.165) is 12.8 Å². The topological polar surface area (TPSA) is 64.6 Å². The van der Waals surface area contributed by atoms with E-state index < -0.39 is 18.1 Å². The van der Waals surface area contributed by atoms with Gasteiger partial charge in [0.15, 0.2) is 0 Å². The standard InChI is InChI=1S/C13H25NO4/c1-9(2)7-6-8-18-12(15)11(10(3)4)14-13(16)17-5/h9-11H,6-8H2,1-5H3,(H,14,16). The molecule has 0 heterocycles. The minimum Gasteiger partial charge on any atom is -0.464 e. The van der Waals surface area contributed by atoms with E-state index >= 15 is 0 Å². The Hall–Kier alpha value is -1.26. The van der Waals surface area contributed by atoms with Crippen molar-refractivity contribution in [3.63, 3.8) is 0 Å². The molecule has 1 N–H and O–H groups in total. The third-order valence-electron chi connectivity index (χ3n) is 2.55. The summed E-state index contributed by atoms with van der Waals surface area (Å²) < 4.78 is 9.63. The van der Waals surface area contributed by atoms with Gasteiger partial charge in [-0.3, -0.25) is 0 Å². The second-order valence-electron chi connectivity index (χ2n) is 5.06. The molecule has 0 aliphatic heterocycles. The molecule has 5 nitrogen and oxygen atoms in total. The Labute approximate surface area is 109 Å². The lowest BCUT2D eigenvalue weighted by atomic mass is 10.1. The molecule has 1 amide bonds. The normalized spacial score (nSPS) is 12.4. The molecule has 0 saturated carbocycles. The van der Waals surface area contributed by atoms with Crippen LogP contribution in [0.2, 0.25) is 0 Å². The van der Waals surface area contributed by atoms with Gasteiger partial charge in [-0.25, -0.2) is 9.59 Å². The Morgan fingerprint density at radius 1 is 1.17 bits per heavy atom. The van der Waals surface area contributed by atoms with Crippen LogP contribution in [0.3, 0.4) is 0 Å². The summed E-state index contributed by atoms with van der Waals surface area (Å²) in [4.78, 5) is 22.9. The van der Waals surface area contributed by atoms with Gasteiger partial charge < -0.3 is 14.8 Å². The Balaban J connectivity index is 4.11. The summed E-state index contributed by atoms with van der Waals surface area (Å²) in [5, 5.41) is 2.48. The molecule has 0 aromatic rings. The van der Waals surface area contributed by atoms with E-state index in [2.05, 4.69) is 23.9 Å². The van der Waals surface area contributed by atoms with Crippen molar-refractivity contribution in [3.8, 4) is 0 Å². The molecule has 0 rings (SSSR count). The maximum atomic E-state index is 11.8. The summed E-state index contributed by atoms with van der Waals surface area (Å²) in [6.45, 7) is 8.32. The lowest BCUT2D eigenvalue weighted by molar-refractivity contribution is -0.147. The van der Waals surface area contributed by atoms with Crippen molar-refractivity contribution < 1.29 is 19.1 Å². The van der Waals surface area contributed by atoms with E-state index in [0.29, 0.717) is 12.5 Å². The van der Waals surface area contributed by atoms with Gasteiger partial charge in [-0.15, -0.1) is 0 Å². The number of methoxy groups -OCH3 is 1. The molecule has 0 aliphatic carbocycles. The highest BCUT2D eigenvalue weighted by Gasteiger charge is 2.25. The smallest absolute Gasteiger partial charge is 0.407 e. The molecule has 0 radical (unpaired) electrons. The molecule has 0 saturated heterocycles. The van der Waals surface area contributed by atoms with Crippen molar-refractivity contribution >= 4 is 12.1 Å². The van der Waals surface area contributed by atoms with Crippen molar-refractivity contribution in [2.45, 2.75) is 46.6 Å². The summed E-state index contributed by atoms with van der Waals surface area (Å²) in [7, 11) is 1.26. The van der Waals surface area contributed by atoms with Crippen LogP contribution < -0.4 is 5.32 Å².